The van der Waals surface area contributed by atoms with E-state index in [-0.39, 0.29) is 51.4 Å². The number of non-ortho nitro benzene ring substituents is 1. The predicted molar refractivity (Wildman–Crippen MR) is 145 cm³/mol. The molecule has 0 saturated carbocycles. The zero-order chi connectivity index (χ0) is 30.8. The smallest absolute Gasteiger partial charge is 0.258 e. The number of rotatable bonds is 9. The van der Waals surface area contributed by atoms with Crippen molar-refractivity contribution < 1.29 is 30.9 Å². The quantitative estimate of drug-likeness (QED) is 0.140. The fourth-order valence-electron chi connectivity index (χ4n) is 4.57. The van der Waals surface area contributed by atoms with E-state index >= 15 is 4.39 Å². The lowest BCUT2D eigenvalue weighted by Crippen LogP contribution is -2.13. The van der Waals surface area contributed by atoms with Gasteiger partial charge in [-0.2, -0.15) is 23.5 Å². The maximum Gasteiger partial charge on any atom is 0.418 e. The van der Waals surface area contributed by atoms with Crippen LogP contribution < -0.4 is 5.14 Å². The first-order valence-electron chi connectivity index (χ1n) is 12.5. The van der Waals surface area contributed by atoms with Gasteiger partial charge in [0.2, 0.25) is 10.0 Å². The number of primary sulfonamides is 1. The van der Waals surface area contributed by atoms with Crippen molar-refractivity contribution in [1.29, 1.82) is 5.26 Å². The minimum absolute atomic E-state index is 0.0655. The Morgan fingerprint density at radius 1 is 1.12 bits per heavy atom. The maximum absolute atomic E-state index is 15.4. The largest absolute Gasteiger partial charge is 0.418 e. The Balaban J connectivity index is 1.86. The van der Waals surface area contributed by atoms with Gasteiger partial charge in [-0.3, -0.25) is 10.1 Å². The van der Waals surface area contributed by atoms with Crippen molar-refractivity contribution in [2.75, 3.05) is 0 Å². The van der Waals surface area contributed by atoms with Crippen LogP contribution in [0, 0.1) is 27.3 Å². The number of halogens is 4. The lowest BCUT2D eigenvalue weighted by atomic mass is 9.97. The van der Waals surface area contributed by atoms with Crippen LogP contribution in [0.2, 0.25) is 0 Å². The molecule has 0 unspecified atom stereocenters. The molecule has 42 heavy (non-hydrogen) atoms. The first kappa shape index (κ1) is 30.4. The lowest BCUT2D eigenvalue weighted by molar-refractivity contribution is -0.384. The third kappa shape index (κ3) is 6.17. The molecule has 1 aromatic heterocycles. The molecule has 0 aliphatic heterocycles. The monoisotopic (exact) mass is 601 g/mol. The van der Waals surface area contributed by atoms with E-state index in [4.69, 9.17) is 5.14 Å². The second-order valence-electron chi connectivity index (χ2n) is 9.38. The molecule has 0 aliphatic carbocycles. The topological polar surface area (TPSA) is 145 Å². The number of aryl methyl sites for hydroxylation is 1. The van der Waals surface area contributed by atoms with Gasteiger partial charge in [-0.25, -0.2) is 22.6 Å². The zero-order valence-electron chi connectivity index (χ0n) is 22.0. The van der Waals surface area contributed by atoms with E-state index in [9.17, 15) is 37.0 Å². The van der Waals surface area contributed by atoms with E-state index in [1.165, 1.54) is 30.3 Å². The Kier molecular flexibility index (Phi) is 8.46. The number of nitrogens with zero attached hydrogens (tertiary/aromatic N) is 4. The van der Waals surface area contributed by atoms with Crippen molar-refractivity contribution >= 4 is 15.7 Å². The summed E-state index contributed by atoms with van der Waals surface area (Å²) in [6.07, 6.45) is -3.65. The van der Waals surface area contributed by atoms with Gasteiger partial charge in [-0.05, 0) is 42.2 Å². The Bertz CT molecular complexity index is 1830. The molecule has 0 bridgehead atoms. The molecule has 0 radical (unpaired) electrons. The summed E-state index contributed by atoms with van der Waals surface area (Å²) in [5, 5.41) is 30.9. The van der Waals surface area contributed by atoms with Crippen LogP contribution >= 0.6 is 0 Å². The van der Waals surface area contributed by atoms with Crippen LogP contribution in [0.3, 0.4) is 0 Å². The van der Waals surface area contributed by atoms with Crippen molar-refractivity contribution in [2.24, 2.45) is 5.14 Å². The van der Waals surface area contributed by atoms with Crippen LogP contribution in [-0.2, 0) is 29.0 Å². The Morgan fingerprint density at radius 3 is 2.43 bits per heavy atom. The lowest BCUT2D eigenvalue weighted by Gasteiger charge is -2.13. The second-order valence-corrected chi connectivity index (χ2v) is 10.9. The van der Waals surface area contributed by atoms with Gasteiger partial charge in [0.25, 0.3) is 5.69 Å². The third-order valence-electron chi connectivity index (χ3n) is 6.59. The SMILES string of the molecule is CCCCc1nn(-c2cc([N+](=O)[O-])ccc2C(F)(F)F)c(C#N)c1Cc1ccc(-c2ccccc2S(N)(=O)=O)cc1F. The number of benzene rings is 3. The van der Waals surface area contributed by atoms with Gasteiger partial charge in [0.15, 0.2) is 0 Å². The molecule has 0 atom stereocenters. The highest BCUT2D eigenvalue weighted by atomic mass is 32.2. The molecule has 4 rings (SSSR count). The number of nitrogens with two attached hydrogens (primary N) is 1. The van der Waals surface area contributed by atoms with E-state index in [1.54, 1.807) is 6.07 Å². The Morgan fingerprint density at radius 2 is 1.83 bits per heavy atom. The standard InChI is InChI=1S/C28H23F4N5O4S/c1-2-3-7-24-21(13-18-10-9-17(14-23(18)29)20-6-4-5-8-27(20)42(34,40)41)26(16-33)36(35-24)25-15-19(37(38)39)11-12-22(25)28(30,31)32/h4-6,8-12,14-15H,2-3,7,13H2,1H3,(H2,34,40,41). The highest BCUT2D eigenvalue weighted by Gasteiger charge is 2.36. The normalized spacial score (nSPS) is 11.8. The van der Waals surface area contributed by atoms with Gasteiger partial charge in [0.1, 0.15) is 17.6 Å². The number of nitriles is 1. The molecule has 3 aromatic carbocycles. The van der Waals surface area contributed by atoms with Crippen LogP contribution in [0.15, 0.2) is 65.6 Å². The number of nitro groups is 1. The molecule has 0 fully saturated rings. The molecular weight excluding hydrogens is 578 g/mol. The molecule has 14 heteroatoms. The molecule has 0 aliphatic rings. The number of nitro benzene ring substituents is 1. The van der Waals surface area contributed by atoms with Crippen molar-refractivity contribution in [3.05, 3.63) is 105 Å². The predicted octanol–water partition coefficient (Wildman–Crippen LogP) is 6.06. The molecular formula is C28H23F4N5O4S. The summed E-state index contributed by atoms with van der Waals surface area (Å²) in [5.74, 6) is -0.763. The third-order valence-corrected chi connectivity index (χ3v) is 7.56. The molecule has 4 aromatic rings. The van der Waals surface area contributed by atoms with Crippen LogP contribution in [0.5, 0.6) is 0 Å². The summed E-state index contributed by atoms with van der Waals surface area (Å²) in [6.45, 7) is 1.88. The Labute approximate surface area is 238 Å². The van der Waals surface area contributed by atoms with Crippen molar-refractivity contribution in [1.82, 2.24) is 9.78 Å². The van der Waals surface area contributed by atoms with Gasteiger partial charge in [0, 0.05) is 29.7 Å². The van der Waals surface area contributed by atoms with Gasteiger partial charge < -0.3 is 0 Å². The average Bonchev–Trinajstić information content (AvgIpc) is 3.28. The molecule has 0 saturated heterocycles. The fraction of sp³-hybridized carbons (Fsp3) is 0.214. The summed E-state index contributed by atoms with van der Waals surface area (Å²) in [5.41, 5.74) is -2.02. The highest BCUT2D eigenvalue weighted by Crippen LogP contribution is 2.37. The van der Waals surface area contributed by atoms with Crippen LogP contribution in [0.25, 0.3) is 16.8 Å². The summed E-state index contributed by atoms with van der Waals surface area (Å²) in [4.78, 5) is 10.3. The molecule has 1 heterocycles. The molecule has 9 nitrogen and oxygen atoms in total. The van der Waals surface area contributed by atoms with Gasteiger partial charge in [0.05, 0.1) is 26.8 Å². The number of unbranched alkanes of at least 4 members (excludes halogenated alkanes) is 1. The first-order chi connectivity index (χ1) is 19.8. The zero-order valence-corrected chi connectivity index (χ0v) is 22.8. The van der Waals surface area contributed by atoms with Crippen molar-refractivity contribution in [2.45, 2.75) is 43.7 Å². The summed E-state index contributed by atoms with van der Waals surface area (Å²) < 4.78 is 81.9. The number of hydrogen-bond donors (Lipinski definition) is 1. The average molecular weight is 602 g/mol. The molecule has 2 N–H and O–H groups in total. The molecule has 218 valence electrons. The van der Waals surface area contributed by atoms with Crippen LogP contribution in [0.4, 0.5) is 23.2 Å². The van der Waals surface area contributed by atoms with Crippen molar-refractivity contribution in [3.8, 4) is 22.9 Å². The molecule has 0 spiro atoms. The fourth-order valence-corrected chi connectivity index (χ4v) is 5.33. The maximum atomic E-state index is 15.4. The first-order valence-corrected chi connectivity index (χ1v) is 14.1. The minimum Gasteiger partial charge on any atom is -0.258 e. The van der Waals surface area contributed by atoms with E-state index in [2.05, 4.69) is 5.10 Å². The molecule has 0 amide bonds. The Hall–Kier alpha value is -4.61. The van der Waals surface area contributed by atoms with Crippen molar-refractivity contribution in [3.63, 3.8) is 0 Å². The van der Waals surface area contributed by atoms with Crippen LogP contribution in [0.1, 0.15) is 47.8 Å². The van der Waals surface area contributed by atoms with E-state index in [1.807, 2.05) is 13.0 Å². The van der Waals surface area contributed by atoms with Gasteiger partial charge >= 0.3 is 6.18 Å². The van der Waals surface area contributed by atoms with Gasteiger partial charge in [-0.15, -0.1) is 0 Å². The number of hydrogen-bond acceptors (Lipinski definition) is 6. The summed E-state index contributed by atoms with van der Waals surface area (Å²) in [7, 11) is -4.11. The van der Waals surface area contributed by atoms with E-state index in [0.29, 0.717) is 31.0 Å². The van der Waals surface area contributed by atoms with Crippen LogP contribution in [-0.4, -0.2) is 23.1 Å². The summed E-state index contributed by atoms with van der Waals surface area (Å²) >= 11 is 0. The second kappa shape index (κ2) is 11.7. The van der Waals surface area contributed by atoms with Gasteiger partial charge in [-0.1, -0.05) is 43.7 Å². The highest BCUT2D eigenvalue weighted by molar-refractivity contribution is 7.89. The minimum atomic E-state index is -4.91. The number of aromatic nitrogens is 2. The number of sulfonamides is 1. The number of alkyl halides is 3. The summed E-state index contributed by atoms with van der Waals surface area (Å²) in [6, 6.07) is 13.5. The van der Waals surface area contributed by atoms with E-state index in [0.717, 1.165) is 10.7 Å². The van der Waals surface area contributed by atoms with E-state index < -0.39 is 43.9 Å².